The second-order valence-corrected chi connectivity index (χ2v) is 7.41. The number of sulfonamides is 1. The van der Waals surface area contributed by atoms with Crippen LogP contribution in [-0.2, 0) is 14.8 Å². The van der Waals surface area contributed by atoms with Gasteiger partial charge in [0, 0.05) is 25.1 Å². The Labute approximate surface area is 136 Å². The van der Waals surface area contributed by atoms with Gasteiger partial charge in [-0.25, -0.2) is 8.42 Å². The average molecular weight is 342 g/mol. The number of fused-ring (bicyclic) bond motifs is 1. The molecule has 1 aliphatic heterocycles. The number of hydrogen-bond donors (Lipinski definition) is 1. The molecule has 1 N–H and O–H groups in total. The number of anilines is 1. The van der Waals surface area contributed by atoms with Gasteiger partial charge in [-0.15, -0.1) is 0 Å². The van der Waals surface area contributed by atoms with E-state index in [0.29, 0.717) is 17.2 Å². The van der Waals surface area contributed by atoms with E-state index in [4.69, 9.17) is 9.47 Å². The normalized spacial score (nSPS) is 14.4. The molecule has 1 amide bonds. The van der Waals surface area contributed by atoms with E-state index in [1.54, 1.807) is 18.2 Å². The number of nitrogens with one attached hydrogen (secondary N) is 1. The van der Waals surface area contributed by atoms with Gasteiger partial charge in [0.05, 0.1) is 11.9 Å². The lowest BCUT2D eigenvalue weighted by molar-refractivity contribution is -0.121. The Balaban J connectivity index is 2.11. The summed E-state index contributed by atoms with van der Waals surface area (Å²) in [5.41, 5.74) is 0.452. The Morgan fingerprint density at radius 2 is 2.04 bits per heavy atom. The maximum Gasteiger partial charge on any atom is 0.232 e. The van der Waals surface area contributed by atoms with Crippen LogP contribution in [0.1, 0.15) is 26.7 Å². The molecule has 2 rings (SSSR count). The number of carbonyl (C=O) groups is 1. The number of amides is 1. The summed E-state index contributed by atoms with van der Waals surface area (Å²) in [6.45, 7) is 4.07. The van der Waals surface area contributed by atoms with Crippen molar-refractivity contribution < 1.29 is 22.7 Å². The molecule has 1 aliphatic rings. The highest BCUT2D eigenvalue weighted by molar-refractivity contribution is 7.92. The van der Waals surface area contributed by atoms with Gasteiger partial charge in [-0.1, -0.05) is 6.92 Å². The van der Waals surface area contributed by atoms with Gasteiger partial charge in [0.15, 0.2) is 11.5 Å². The van der Waals surface area contributed by atoms with Crippen molar-refractivity contribution in [2.45, 2.75) is 32.7 Å². The topological polar surface area (TPSA) is 84.9 Å². The number of nitrogens with zero attached hydrogens (tertiary/aromatic N) is 1. The van der Waals surface area contributed by atoms with Gasteiger partial charge in [-0.2, -0.15) is 0 Å². The van der Waals surface area contributed by atoms with Crippen LogP contribution in [0.15, 0.2) is 18.2 Å². The molecule has 0 saturated heterocycles. The second-order valence-electron chi connectivity index (χ2n) is 5.50. The zero-order chi connectivity index (χ0) is 17.0. The molecule has 1 unspecified atom stereocenters. The zero-order valence-corrected chi connectivity index (χ0v) is 14.4. The van der Waals surface area contributed by atoms with E-state index >= 15 is 0 Å². The van der Waals surface area contributed by atoms with E-state index < -0.39 is 10.0 Å². The lowest BCUT2D eigenvalue weighted by Crippen LogP contribution is -2.37. The van der Waals surface area contributed by atoms with Crippen LogP contribution in [0.3, 0.4) is 0 Å². The Hall–Kier alpha value is -1.96. The Kier molecular flexibility index (Phi) is 5.35. The van der Waals surface area contributed by atoms with Crippen LogP contribution in [0.2, 0.25) is 0 Å². The lowest BCUT2D eigenvalue weighted by Gasteiger charge is -2.22. The number of rotatable bonds is 7. The summed E-state index contributed by atoms with van der Waals surface area (Å²) in [5.74, 6) is 0.908. The quantitative estimate of drug-likeness (QED) is 0.811. The van der Waals surface area contributed by atoms with E-state index in [2.05, 4.69) is 5.32 Å². The molecule has 0 spiro atoms. The summed E-state index contributed by atoms with van der Waals surface area (Å²) < 4.78 is 35.8. The van der Waals surface area contributed by atoms with Gasteiger partial charge in [0.25, 0.3) is 0 Å². The SMILES string of the molecule is CCC(C)NC(=O)CCN(c1ccc2c(c1)OCO2)S(C)(=O)=O. The van der Waals surface area contributed by atoms with E-state index in [1.165, 1.54) is 4.31 Å². The molecule has 1 atom stereocenters. The molecular formula is C15H22N2O5S. The fraction of sp³-hybridized carbons (Fsp3) is 0.533. The van der Waals surface area contributed by atoms with E-state index in [0.717, 1.165) is 12.7 Å². The highest BCUT2D eigenvalue weighted by atomic mass is 32.2. The molecule has 0 radical (unpaired) electrons. The van der Waals surface area contributed by atoms with Crippen LogP contribution in [0, 0.1) is 0 Å². The minimum absolute atomic E-state index is 0.0692. The van der Waals surface area contributed by atoms with Crippen molar-refractivity contribution in [3.63, 3.8) is 0 Å². The summed E-state index contributed by atoms with van der Waals surface area (Å²) in [4.78, 5) is 11.9. The molecule has 0 fully saturated rings. The minimum Gasteiger partial charge on any atom is -0.454 e. The van der Waals surface area contributed by atoms with Crippen LogP contribution < -0.4 is 19.1 Å². The molecule has 128 valence electrons. The van der Waals surface area contributed by atoms with Gasteiger partial charge in [0.1, 0.15) is 0 Å². The molecule has 23 heavy (non-hydrogen) atoms. The maximum absolute atomic E-state index is 12.0. The molecular weight excluding hydrogens is 320 g/mol. The monoisotopic (exact) mass is 342 g/mol. The van der Waals surface area contributed by atoms with E-state index in [1.807, 2.05) is 13.8 Å². The third-order valence-electron chi connectivity index (χ3n) is 3.61. The highest BCUT2D eigenvalue weighted by Crippen LogP contribution is 2.36. The molecule has 7 nitrogen and oxygen atoms in total. The van der Waals surface area contributed by atoms with E-state index in [-0.39, 0.29) is 31.7 Å². The first-order chi connectivity index (χ1) is 10.8. The van der Waals surface area contributed by atoms with Crippen molar-refractivity contribution in [3.05, 3.63) is 18.2 Å². The molecule has 1 aromatic carbocycles. The average Bonchev–Trinajstić information content (AvgIpc) is 2.93. The molecule has 0 bridgehead atoms. The third kappa shape index (κ3) is 4.51. The van der Waals surface area contributed by atoms with E-state index in [9.17, 15) is 13.2 Å². The van der Waals surface area contributed by atoms with Crippen molar-refractivity contribution >= 4 is 21.6 Å². The first-order valence-electron chi connectivity index (χ1n) is 7.48. The van der Waals surface area contributed by atoms with Gasteiger partial charge < -0.3 is 14.8 Å². The number of ether oxygens (including phenoxy) is 2. The third-order valence-corrected chi connectivity index (χ3v) is 4.80. The molecule has 0 aromatic heterocycles. The summed E-state index contributed by atoms with van der Waals surface area (Å²) in [6.07, 6.45) is 2.03. The summed E-state index contributed by atoms with van der Waals surface area (Å²) in [5, 5.41) is 2.82. The first kappa shape index (κ1) is 17.4. The van der Waals surface area contributed by atoms with Crippen LogP contribution >= 0.6 is 0 Å². The van der Waals surface area contributed by atoms with Gasteiger partial charge in [-0.05, 0) is 25.5 Å². The molecule has 1 aromatic rings. The molecule has 0 aliphatic carbocycles. The Morgan fingerprint density at radius 1 is 1.35 bits per heavy atom. The predicted molar refractivity (Wildman–Crippen MR) is 87.3 cm³/mol. The maximum atomic E-state index is 12.0. The van der Waals surface area contributed by atoms with Crippen molar-refractivity contribution in [3.8, 4) is 11.5 Å². The number of benzene rings is 1. The largest absolute Gasteiger partial charge is 0.454 e. The zero-order valence-electron chi connectivity index (χ0n) is 13.5. The molecule has 8 heteroatoms. The van der Waals surface area contributed by atoms with Crippen molar-refractivity contribution in [2.24, 2.45) is 0 Å². The van der Waals surface area contributed by atoms with Crippen molar-refractivity contribution in [1.82, 2.24) is 5.32 Å². The number of hydrogen-bond acceptors (Lipinski definition) is 5. The van der Waals surface area contributed by atoms with Crippen LogP contribution in [0.4, 0.5) is 5.69 Å². The standard InChI is InChI=1S/C15H22N2O5S/c1-4-11(2)16-15(18)7-8-17(23(3,19)20)12-5-6-13-14(9-12)22-10-21-13/h5-6,9,11H,4,7-8,10H2,1-3H3,(H,16,18). The van der Waals surface area contributed by atoms with Crippen molar-refractivity contribution in [1.29, 1.82) is 0 Å². The smallest absolute Gasteiger partial charge is 0.232 e. The van der Waals surface area contributed by atoms with Crippen LogP contribution in [0.5, 0.6) is 11.5 Å². The van der Waals surface area contributed by atoms with Crippen LogP contribution in [0.25, 0.3) is 0 Å². The van der Waals surface area contributed by atoms with Crippen molar-refractivity contribution in [2.75, 3.05) is 23.9 Å². The van der Waals surface area contributed by atoms with Crippen LogP contribution in [-0.4, -0.2) is 40.0 Å². The Bertz CT molecular complexity index is 674. The minimum atomic E-state index is -3.51. The summed E-state index contributed by atoms with van der Waals surface area (Å²) in [7, 11) is -3.51. The summed E-state index contributed by atoms with van der Waals surface area (Å²) >= 11 is 0. The first-order valence-corrected chi connectivity index (χ1v) is 9.32. The molecule has 1 heterocycles. The Morgan fingerprint density at radius 3 is 2.70 bits per heavy atom. The fourth-order valence-corrected chi connectivity index (χ4v) is 3.10. The highest BCUT2D eigenvalue weighted by Gasteiger charge is 2.22. The van der Waals surface area contributed by atoms with Gasteiger partial charge in [-0.3, -0.25) is 9.10 Å². The fourth-order valence-electron chi connectivity index (χ4n) is 2.18. The number of carbonyl (C=O) groups excluding carboxylic acids is 1. The second kappa shape index (κ2) is 7.08. The lowest BCUT2D eigenvalue weighted by atomic mass is 10.2. The predicted octanol–water partition coefficient (Wildman–Crippen LogP) is 1.49. The molecule has 0 saturated carbocycles. The van der Waals surface area contributed by atoms with Gasteiger partial charge in [0.2, 0.25) is 22.7 Å². The summed E-state index contributed by atoms with van der Waals surface area (Å²) in [6, 6.07) is 4.98. The van der Waals surface area contributed by atoms with Gasteiger partial charge >= 0.3 is 0 Å².